The van der Waals surface area contributed by atoms with Crippen molar-refractivity contribution in [2.24, 2.45) is 0 Å². The molecular weight excluding hydrogens is 278 g/mol. The lowest BCUT2D eigenvalue weighted by atomic mass is 10.1. The Balaban J connectivity index is 2.18. The number of carboxylic acid groups (broad SMARTS) is 1. The van der Waals surface area contributed by atoms with Gasteiger partial charge in [-0.15, -0.1) is 0 Å². The van der Waals surface area contributed by atoms with E-state index in [1.807, 2.05) is 0 Å². The fourth-order valence-corrected chi connectivity index (χ4v) is 1.83. The number of carboxylic acids is 1. The van der Waals surface area contributed by atoms with Gasteiger partial charge < -0.3 is 20.5 Å². The number of pyridine rings is 2. The van der Waals surface area contributed by atoms with Crippen LogP contribution in [0.4, 0.5) is 0 Å². The van der Waals surface area contributed by atoms with Gasteiger partial charge in [0.05, 0.1) is 5.39 Å². The molecule has 2 aromatic rings. The SMILES string of the molecule is O=C(O)CCCNC(=O)c1ncc2c(=O)[nH]ccc2c1O. The molecule has 21 heavy (non-hydrogen) atoms. The van der Waals surface area contributed by atoms with Gasteiger partial charge in [0.1, 0.15) is 0 Å². The minimum Gasteiger partial charge on any atom is -0.505 e. The van der Waals surface area contributed by atoms with Gasteiger partial charge in [0, 0.05) is 30.7 Å². The zero-order chi connectivity index (χ0) is 15.4. The van der Waals surface area contributed by atoms with Crippen LogP contribution in [0.3, 0.4) is 0 Å². The van der Waals surface area contributed by atoms with Crippen LogP contribution < -0.4 is 10.9 Å². The molecule has 0 radical (unpaired) electrons. The number of aromatic nitrogens is 2. The Bertz CT molecular complexity index is 753. The predicted molar refractivity (Wildman–Crippen MR) is 73.2 cm³/mol. The number of hydrogen-bond acceptors (Lipinski definition) is 5. The molecule has 0 aromatic carbocycles. The molecule has 0 bridgehead atoms. The summed E-state index contributed by atoms with van der Waals surface area (Å²) in [6.07, 6.45) is 2.78. The Hall–Kier alpha value is -2.90. The monoisotopic (exact) mass is 291 g/mol. The number of H-pyrrole nitrogens is 1. The van der Waals surface area contributed by atoms with Gasteiger partial charge in [-0.2, -0.15) is 0 Å². The van der Waals surface area contributed by atoms with E-state index in [1.165, 1.54) is 18.5 Å². The maximum Gasteiger partial charge on any atom is 0.303 e. The van der Waals surface area contributed by atoms with E-state index >= 15 is 0 Å². The van der Waals surface area contributed by atoms with Crippen LogP contribution in [0.25, 0.3) is 10.8 Å². The summed E-state index contributed by atoms with van der Waals surface area (Å²) in [5.41, 5.74) is -0.618. The summed E-state index contributed by atoms with van der Waals surface area (Å²) < 4.78 is 0. The Morgan fingerprint density at radius 3 is 2.81 bits per heavy atom. The summed E-state index contributed by atoms with van der Waals surface area (Å²) in [6.45, 7) is 0.152. The molecule has 0 aliphatic rings. The third-order valence-corrected chi connectivity index (χ3v) is 2.87. The highest BCUT2D eigenvalue weighted by molar-refractivity contribution is 6.01. The van der Waals surface area contributed by atoms with E-state index in [9.17, 15) is 19.5 Å². The highest BCUT2D eigenvalue weighted by Crippen LogP contribution is 2.24. The number of nitrogens with one attached hydrogen (secondary N) is 2. The number of amides is 1. The maximum absolute atomic E-state index is 11.9. The van der Waals surface area contributed by atoms with Gasteiger partial charge in [-0.3, -0.25) is 14.4 Å². The van der Waals surface area contributed by atoms with E-state index in [-0.39, 0.29) is 41.6 Å². The summed E-state index contributed by atoms with van der Waals surface area (Å²) in [7, 11) is 0. The first kappa shape index (κ1) is 14.5. The van der Waals surface area contributed by atoms with Crippen LogP contribution in [0.5, 0.6) is 5.75 Å². The van der Waals surface area contributed by atoms with Crippen molar-refractivity contribution in [3.63, 3.8) is 0 Å². The number of rotatable bonds is 5. The van der Waals surface area contributed by atoms with Crippen molar-refractivity contribution in [2.45, 2.75) is 12.8 Å². The Morgan fingerprint density at radius 2 is 2.10 bits per heavy atom. The van der Waals surface area contributed by atoms with Gasteiger partial charge in [-0.1, -0.05) is 0 Å². The van der Waals surface area contributed by atoms with Crippen LogP contribution in [0, 0.1) is 0 Å². The number of aromatic amines is 1. The van der Waals surface area contributed by atoms with Crippen LogP contribution >= 0.6 is 0 Å². The van der Waals surface area contributed by atoms with Crippen molar-refractivity contribution >= 4 is 22.6 Å². The van der Waals surface area contributed by atoms with E-state index < -0.39 is 17.4 Å². The Kier molecular flexibility index (Phi) is 4.17. The van der Waals surface area contributed by atoms with Crippen molar-refractivity contribution < 1.29 is 19.8 Å². The lowest BCUT2D eigenvalue weighted by Crippen LogP contribution is -2.26. The zero-order valence-corrected chi connectivity index (χ0v) is 10.9. The van der Waals surface area contributed by atoms with Crippen LogP contribution in [-0.4, -0.2) is 38.6 Å². The van der Waals surface area contributed by atoms with Crippen LogP contribution in [-0.2, 0) is 4.79 Å². The van der Waals surface area contributed by atoms with Crippen molar-refractivity contribution in [3.8, 4) is 5.75 Å². The van der Waals surface area contributed by atoms with Crippen molar-refractivity contribution in [1.29, 1.82) is 0 Å². The number of aromatic hydroxyl groups is 1. The predicted octanol–water partition coefficient (Wildman–Crippen LogP) is 0.223. The summed E-state index contributed by atoms with van der Waals surface area (Å²) >= 11 is 0. The first-order chi connectivity index (χ1) is 10.0. The second-order valence-electron chi connectivity index (χ2n) is 4.34. The second kappa shape index (κ2) is 6.04. The topological polar surface area (TPSA) is 132 Å². The number of nitrogens with zero attached hydrogens (tertiary/aromatic N) is 1. The lowest BCUT2D eigenvalue weighted by Gasteiger charge is -2.07. The van der Waals surface area contributed by atoms with Crippen LogP contribution in [0.2, 0.25) is 0 Å². The molecule has 0 aliphatic carbocycles. The van der Waals surface area contributed by atoms with Crippen LogP contribution in [0.1, 0.15) is 23.3 Å². The van der Waals surface area contributed by atoms with E-state index in [0.717, 1.165) is 0 Å². The van der Waals surface area contributed by atoms with E-state index in [1.54, 1.807) is 0 Å². The molecule has 8 heteroatoms. The molecular formula is C13H13N3O5. The third-order valence-electron chi connectivity index (χ3n) is 2.87. The Morgan fingerprint density at radius 1 is 1.33 bits per heavy atom. The third kappa shape index (κ3) is 3.16. The molecule has 0 fully saturated rings. The van der Waals surface area contributed by atoms with Crippen molar-refractivity contribution in [3.05, 3.63) is 34.5 Å². The number of aliphatic carboxylic acids is 1. The summed E-state index contributed by atoms with van der Waals surface area (Å²) in [5.74, 6) is -1.95. The van der Waals surface area contributed by atoms with Gasteiger partial charge in [-0.05, 0) is 12.5 Å². The zero-order valence-electron chi connectivity index (χ0n) is 10.9. The molecule has 0 aliphatic heterocycles. The Labute approximate surface area is 118 Å². The van der Waals surface area contributed by atoms with Crippen LogP contribution in [0.15, 0.2) is 23.3 Å². The normalized spacial score (nSPS) is 10.5. The highest BCUT2D eigenvalue weighted by atomic mass is 16.4. The number of carbonyl (C=O) groups is 2. The smallest absolute Gasteiger partial charge is 0.303 e. The number of hydrogen-bond donors (Lipinski definition) is 4. The molecule has 0 unspecified atom stereocenters. The summed E-state index contributed by atoms with van der Waals surface area (Å²) in [6, 6.07) is 1.47. The maximum atomic E-state index is 11.9. The molecule has 1 amide bonds. The standard InChI is InChI=1S/C13H13N3O5/c17-9(18)2-1-4-14-13(21)10-11(19)7-3-5-15-12(20)8(7)6-16-10/h3,5-6,19H,1-2,4H2,(H,14,21)(H,15,20)(H,17,18). The second-order valence-corrected chi connectivity index (χ2v) is 4.34. The van der Waals surface area contributed by atoms with E-state index in [2.05, 4.69) is 15.3 Å². The average Bonchev–Trinajstić information content (AvgIpc) is 2.44. The first-order valence-corrected chi connectivity index (χ1v) is 6.20. The molecule has 2 heterocycles. The van der Waals surface area contributed by atoms with Gasteiger partial charge >= 0.3 is 5.97 Å². The van der Waals surface area contributed by atoms with Gasteiger partial charge in [0.25, 0.3) is 11.5 Å². The largest absolute Gasteiger partial charge is 0.505 e. The van der Waals surface area contributed by atoms with Crippen molar-refractivity contribution in [2.75, 3.05) is 6.54 Å². The molecule has 0 spiro atoms. The fourth-order valence-electron chi connectivity index (χ4n) is 1.83. The minimum atomic E-state index is -0.949. The van der Waals surface area contributed by atoms with Gasteiger partial charge in [0.15, 0.2) is 11.4 Å². The fraction of sp³-hybridized carbons (Fsp3) is 0.231. The van der Waals surface area contributed by atoms with Gasteiger partial charge in [0.2, 0.25) is 0 Å². The molecule has 0 atom stereocenters. The molecule has 110 valence electrons. The molecule has 4 N–H and O–H groups in total. The van der Waals surface area contributed by atoms with E-state index in [0.29, 0.717) is 0 Å². The molecule has 0 saturated carbocycles. The van der Waals surface area contributed by atoms with Gasteiger partial charge in [-0.25, -0.2) is 4.98 Å². The molecule has 8 nitrogen and oxygen atoms in total. The number of carbonyl (C=O) groups excluding carboxylic acids is 1. The minimum absolute atomic E-state index is 0.0627. The number of fused-ring (bicyclic) bond motifs is 1. The quantitative estimate of drug-likeness (QED) is 0.583. The average molecular weight is 291 g/mol. The van der Waals surface area contributed by atoms with E-state index in [4.69, 9.17) is 5.11 Å². The molecule has 2 rings (SSSR count). The lowest BCUT2D eigenvalue weighted by molar-refractivity contribution is -0.137. The molecule has 2 aromatic heterocycles. The highest BCUT2D eigenvalue weighted by Gasteiger charge is 2.16. The first-order valence-electron chi connectivity index (χ1n) is 6.20. The van der Waals surface area contributed by atoms with Crippen molar-refractivity contribution in [1.82, 2.24) is 15.3 Å². The molecule has 0 saturated heterocycles. The summed E-state index contributed by atoms with van der Waals surface area (Å²) in [5, 5.41) is 21.4. The summed E-state index contributed by atoms with van der Waals surface area (Å²) in [4.78, 5) is 40.0.